The van der Waals surface area contributed by atoms with Gasteiger partial charge < -0.3 is 33.3 Å². The van der Waals surface area contributed by atoms with Crippen LogP contribution in [0.2, 0.25) is 0 Å². The number of epoxide rings is 2. The molecule has 7 atom stereocenters. The number of methoxy groups -OCH3 is 1. The van der Waals surface area contributed by atoms with Gasteiger partial charge in [-0.3, -0.25) is 9.80 Å². The molecule has 2 amide bonds. The molecule has 1 spiro atoms. The Morgan fingerprint density at radius 3 is 2.25 bits per heavy atom. The summed E-state index contributed by atoms with van der Waals surface area (Å²) in [5.74, 6) is -0.476. The maximum atomic E-state index is 13.4. The number of piperazine rings is 1. The summed E-state index contributed by atoms with van der Waals surface area (Å²) in [4.78, 5) is 45.4. The molecule has 8 rings (SSSR count). The number of carbonyl (C=O) groups excluding carboxylic acids is 3. The molecule has 12 heteroatoms. The van der Waals surface area contributed by atoms with Gasteiger partial charge in [-0.25, -0.2) is 14.4 Å². The predicted molar refractivity (Wildman–Crippen MR) is 204 cm³/mol. The van der Waals surface area contributed by atoms with Gasteiger partial charge >= 0.3 is 18.2 Å². The van der Waals surface area contributed by atoms with E-state index < -0.39 is 23.7 Å². The van der Waals surface area contributed by atoms with E-state index in [1.54, 1.807) is 12.0 Å². The average molecular weight is 758 g/mol. The van der Waals surface area contributed by atoms with Gasteiger partial charge in [0.15, 0.2) is 0 Å². The summed E-state index contributed by atoms with van der Waals surface area (Å²) in [5.41, 5.74) is 5.23. The zero-order chi connectivity index (χ0) is 38.3. The number of carbonyl (C=O) groups is 3. The first-order valence-electron chi connectivity index (χ1n) is 20.1. The van der Waals surface area contributed by atoms with Gasteiger partial charge in [-0.2, -0.15) is 0 Å². The molecule has 2 aliphatic carbocycles. The maximum Gasteiger partial charge on any atom is 0.410 e. The van der Waals surface area contributed by atoms with Crippen LogP contribution in [-0.2, 0) is 33.2 Å². The predicted octanol–water partition coefficient (Wildman–Crippen LogP) is 5.77. The van der Waals surface area contributed by atoms with E-state index in [0.717, 1.165) is 24.0 Å². The van der Waals surface area contributed by atoms with E-state index in [0.29, 0.717) is 65.1 Å². The van der Waals surface area contributed by atoms with Crippen molar-refractivity contribution in [3.05, 3.63) is 71.3 Å². The van der Waals surface area contributed by atoms with E-state index in [1.165, 1.54) is 21.6 Å². The van der Waals surface area contributed by atoms with Gasteiger partial charge in [-0.1, -0.05) is 60.2 Å². The Morgan fingerprint density at radius 2 is 1.60 bits per heavy atom. The van der Waals surface area contributed by atoms with Crippen molar-refractivity contribution in [2.24, 2.45) is 5.92 Å². The zero-order valence-corrected chi connectivity index (χ0v) is 32.6. The standard InChI is InChI=1S/C43H55N3O9/c1-28(2)15-16-36-42(3,55-36)38-37(50-4)35(17-18-43(38)27-53-43)54-40(48)45-22-20-44(21-23-45)24-25-51-39(47)34-14-9-19-46(34)41(49)52-26-33-31-12-7-5-10-29(31)30-11-6-8-13-32(30)33/h5-8,10-13,15,33-38H,9,14,16-27H2,1-4H3/t34?,35-,36-,37-,38-,42-,43+/m1/s1. The van der Waals surface area contributed by atoms with Crippen LogP contribution in [0.1, 0.15) is 69.9 Å². The summed E-state index contributed by atoms with van der Waals surface area (Å²) in [5, 5.41) is 0. The Balaban J connectivity index is 0.774. The molecule has 5 fully saturated rings. The second kappa shape index (κ2) is 15.5. The van der Waals surface area contributed by atoms with Crippen molar-refractivity contribution in [2.75, 3.05) is 66.2 Å². The Labute approximate surface area is 324 Å². The molecule has 2 aromatic carbocycles. The van der Waals surface area contributed by atoms with E-state index in [2.05, 4.69) is 56.0 Å². The molecule has 6 aliphatic rings. The first-order valence-corrected chi connectivity index (χ1v) is 20.1. The van der Waals surface area contributed by atoms with Crippen LogP contribution in [0.3, 0.4) is 0 Å². The van der Waals surface area contributed by atoms with Crippen molar-refractivity contribution in [1.29, 1.82) is 0 Å². The minimum absolute atomic E-state index is 0.0260. The summed E-state index contributed by atoms with van der Waals surface area (Å²) in [6.07, 6.45) is 4.37. The lowest BCUT2D eigenvalue weighted by atomic mass is 9.68. The van der Waals surface area contributed by atoms with Crippen LogP contribution in [-0.4, -0.2) is 135 Å². The van der Waals surface area contributed by atoms with Gasteiger partial charge in [0.05, 0.1) is 18.6 Å². The summed E-state index contributed by atoms with van der Waals surface area (Å²) in [6.45, 7) is 10.7. The fraction of sp³-hybridized carbons (Fsp3) is 0.605. The molecule has 2 aromatic rings. The minimum Gasteiger partial charge on any atom is -0.463 e. The van der Waals surface area contributed by atoms with Crippen molar-refractivity contribution in [2.45, 2.75) is 94.3 Å². The second-order valence-electron chi connectivity index (χ2n) is 16.5. The Hall–Kier alpha value is -3.97. The van der Waals surface area contributed by atoms with E-state index in [-0.39, 0.29) is 55.1 Å². The Bertz CT molecular complexity index is 1740. The van der Waals surface area contributed by atoms with Crippen molar-refractivity contribution < 1.29 is 42.8 Å². The summed E-state index contributed by atoms with van der Waals surface area (Å²) in [7, 11) is 1.69. The number of rotatable bonds is 11. The molecule has 1 unspecified atom stereocenters. The highest BCUT2D eigenvalue weighted by atomic mass is 16.6. The van der Waals surface area contributed by atoms with Crippen molar-refractivity contribution in [1.82, 2.24) is 14.7 Å². The van der Waals surface area contributed by atoms with Crippen molar-refractivity contribution in [3.63, 3.8) is 0 Å². The molecule has 4 aliphatic heterocycles. The van der Waals surface area contributed by atoms with E-state index >= 15 is 0 Å². The summed E-state index contributed by atoms with van der Waals surface area (Å²) < 4.78 is 36.2. The number of fused-ring (bicyclic) bond motifs is 3. The lowest BCUT2D eigenvalue weighted by molar-refractivity contribution is -0.149. The fourth-order valence-electron chi connectivity index (χ4n) is 9.71. The van der Waals surface area contributed by atoms with Crippen LogP contribution in [0.4, 0.5) is 9.59 Å². The number of benzene rings is 2. The van der Waals surface area contributed by atoms with E-state index in [1.807, 2.05) is 24.3 Å². The number of amides is 2. The SMILES string of the molecule is CO[C@@H]1[C@H](OC(=O)N2CCN(CCOC(=O)C3CCCN3C(=O)OCC3c4ccccc4-c4ccccc43)CC2)CC[C@]2(CO2)[C@H]1[C@]1(C)O[C@@H]1CC=C(C)C. The van der Waals surface area contributed by atoms with Gasteiger partial charge in [0.25, 0.3) is 0 Å². The molecule has 0 radical (unpaired) electrons. The molecule has 12 nitrogen and oxygen atoms in total. The quantitative estimate of drug-likeness (QED) is 0.121. The highest BCUT2D eigenvalue weighted by Gasteiger charge is 2.72. The van der Waals surface area contributed by atoms with Gasteiger partial charge in [0, 0.05) is 52.3 Å². The molecule has 4 heterocycles. The van der Waals surface area contributed by atoms with Gasteiger partial charge in [0.2, 0.25) is 0 Å². The minimum atomic E-state index is -0.656. The number of hydrogen-bond acceptors (Lipinski definition) is 10. The molecule has 1 saturated carbocycles. The molecule has 55 heavy (non-hydrogen) atoms. The third-order valence-electron chi connectivity index (χ3n) is 12.9. The van der Waals surface area contributed by atoms with Crippen LogP contribution >= 0.6 is 0 Å². The van der Waals surface area contributed by atoms with Crippen LogP contribution in [0, 0.1) is 5.92 Å². The zero-order valence-electron chi connectivity index (χ0n) is 32.6. The number of allylic oxidation sites excluding steroid dienone is 1. The third kappa shape index (κ3) is 7.50. The highest BCUT2D eigenvalue weighted by molar-refractivity contribution is 5.82. The number of ether oxygens (including phenoxy) is 6. The highest BCUT2D eigenvalue weighted by Crippen LogP contribution is 2.59. The van der Waals surface area contributed by atoms with Crippen LogP contribution in [0.5, 0.6) is 0 Å². The molecular weight excluding hydrogens is 702 g/mol. The normalized spacial score (nSPS) is 31.1. The van der Waals surface area contributed by atoms with E-state index in [4.69, 9.17) is 28.4 Å². The molecule has 0 N–H and O–H groups in total. The van der Waals surface area contributed by atoms with Gasteiger partial charge in [-0.05, 0) is 75.1 Å². The Morgan fingerprint density at radius 1 is 0.909 bits per heavy atom. The van der Waals surface area contributed by atoms with Crippen LogP contribution in [0.25, 0.3) is 11.1 Å². The number of hydrogen-bond donors (Lipinski definition) is 0. The maximum absolute atomic E-state index is 13.4. The van der Waals surface area contributed by atoms with Gasteiger partial charge in [-0.15, -0.1) is 0 Å². The second-order valence-corrected chi connectivity index (χ2v) is 16.5. The van der Waals surface area contributed by atoms with E-state index in [9.17, 15) is 14.4 Å². The summed E-state index contributed by atoms with van der Waals surface area (Å²) in [6, 6.07) is 15.8. The average Bonchev–Trinajstić information content (AvgIpc) is 3.99. The largest absolute Gasteiger partial charge is 0.463 e. The lowest BCUT2D eigenvalue weighted by Crippen LogP contribution is -2.57. The monoisotopic (exact) mass is 757 g/mol. The van der Waals surface area contributed by atoms with Gasteiger partial charge in [0.1, 0.15) is 42.7 Å². The molecule has 296 valence electrons. The summed E-state index contributed by atoms with van der Waals surface area (Å²) >= 11 is 0. The first-order chi connectivity index (χ1) is 26.6. The number of likely N-dealkylation sites (tertiary alicyclic amines) is 1. The lowest BCUT2D eigenvalue weighted by Gasteiger charge is -2.43. The number of nitrogens with zero attached hydrogens (tertiary/aromatic N) is 3. The topological polar surface area (TPSA) is 123 Å². The number of esters is 1. The molecule has 0 aromatic heterocycles. The van der Waals surface area contributed by atoms with Crippen molar-refractivity contribution in [3.8, 4) is 11.1 Å². The fourth-order valence-corrected chi connectivity index (χ4v) is 9.71. The molecular formula is C43H55N3O9. The Kier molecular flexibility index (Phi) is 10.7. The van der Waals surface area contributed by atoms with Crippen LogP contribution < -0.4 is 0 Å². The molecule has 0 bridgehead atoms. The smallest absolute Gasteiger partial charge is 0.410 e. The first kappa shape index (κ1) is 37.9. The third-order valence-corrected chi connectivity index (χ3v) is 12.9. The molecule has 4 saturated heterocycles. The van der Waals surface area contributed by atoms with Crippen LogP contribution in [0.15, 0.2) is 60.2 Å². The van der Waals surface area contributed by atoms with Crippen molar-refractivity contribution >= 4 is 18.2 Å².